The number of halogens is 1. The fraction of sp³-hybridized carbons (Fsp3) is 0.875. The van der Waals surface area contributed by atoms with E-state index in [1.165, 1.54) is 48.4 Å². The first kappa shape index (κ1) is 13.7. The van der Waals surface area contributed by atoms with Crippen LogP contribution in [0.2, 0.25) is 0 Å². The van der Waals surface area contributed by atoms with Gasteiger partial charge < -0.3 is 6.42 Å². The normalized spacial score (nSPS) is 8.50. The quantitative estimate of drug-likeness (QED) is 0.397. The number of hydrogen-bond donors (Lipinski definition) is 0. The zero-order chi connectivity index (χ0) is 8.24. The molecule has 0 N–H and O–H groups in total. The van der Waals surface area contributed by atoms with Crippen LogP contribution in [-0.4, -0.2) is 0 Å². The molecule has 10 heavy (non-hydrogen) atoms. The van der Waals surface area contributed by atoms with Crippen LogP contribution in [0.15, 0.2) is 0 Å². The molecular formula is C8H17BrZn. The van der Waals surface area contributed by atoms with Gasteiger partial charge in [0.1, 0.15) is 0 Å². The first-order valence-corrected chi connectivity index (χ1v) is 10.9. The molecule has 2 heteroatoms. The minimum atomic E-state index is 1.19. The van der Waals surface area contributed by atoms with Gasteiger partial charge in [-0.1, -0.05) is 33.1 Å². The Morgan fingerprint density at radius 3 is 2.20 bits per heavy atom. The Morgan fingerprint density at radius 2 is 1.80 bits per heavy atom. The molecule has 0 saturated carbocycles. The van der Waals surface area contributed by atoms with Crippen LogP contribution < -0.4 is 0 Å². The van der Waals surface area contributed by atoms with Gasteiger partial charge in [-0.3, -0.25) is 0 Å². The van der Waals surface area contributed by atoms with Crippen molar-refractivity contribution in [2.24, 2.45) is 0 Å². The van der Waals surface area contributed by atoms with Gasteiger partial charge in [-0.15, -0.1) is 0 Å². The van der Waals surface area contributed by atoms with Crippen LogP contribution in [0.3, 0.4) is 0 Å². The Kier molecular flexibility index (Phi) is 22.7. The van der Waals surface area contributed by atoms with Crippen LogP contribution in [0, 0.1) is 6.42 Å². The second-order valence-corrected chi connectivity index (χ2v) is 2.19. The van der Waals surface area contributed by atoms with Crippen molar-refractivity contribution in [3.05, 3.63) is 6.42 Å². The third-order valence-corrected chi connectivity index (χ3v) is 1.30. The summed E-state index contributed by atoms with van der Waals surface area (Å²) in [6.07, 6.45) is 9.06. The van der Waals surface area contributed by atoms with Crippen LogP contribution >= 0.6 is 13.6 Å². The molecule has 0 amide bonds. The zero-order valence-electron chi connectivity index (χ0n) is 7.20. The van der Waals surface area contributed by atoms with E-state index in [0.717, 1.165) is 0 Å². The standard InChI is InChI=1S/C8H17.BrH.Zn/c1-3-5-7-8-6-4-2;;/h5H,3-4,6-8H2,1-2H3;1H;/q-1;;+2/p-1. The second-order valence-electron chi connectivity index (χ2n) is 2.19. The van der Waals surface area contributed by atoms with Crippen molar-refractivity contribution in [1.82, 2.24) is 0 Å². The first-order chi connectivity index (χ1) is 4.91. The first-order valence-electron chi connectivity index (χ1n) is 4.00. The molecule has 0 atom stereocenters. The molecule has 0 saturated heterocycles. The maximum atomic E-state index is 3.06. The van der Waals surface area contributed by atoms with Crippen LogP contribution in [0.1, 0.15) is 46.0 Å². The van der Waals surface area contributed by atoms with Gasteiger partial charge in [0.15, 0.2) is 0 Å². The van der Waals surface area contributed by atoms with Crippen molar-refractivity contribution in [2.75, 3.05) is 0 Å². The number of rotatable bonds is 5. The Balaban J connectivity index is 0. The summed E-state index contributed by atoms with van der Waals surface area (Å²) in [6, 6.07) is 0. The molecule has 0 fully saturated rings. The Hall–Kier alpha value is 1.10. The minimum absolute atomic E-state index is 1.19. The summed E-state index contributed by atoms with van der Waals surface area (Å²) >= 11 is 4.25. The average Bonchev–Trinajstić information content (AvgIpc) is 2.02. The molecule has 0 rings (SSSR count). The van der Waals surface area contributed by atoms with Gasteiger partial charge in [0.2, 0.25) is 0 Å². The van der Waals surface area contributed by atoms with Gasteiger partial charge in [-0.25, -0.2) is 0 Å². The molecule has 0 bridgehead atoms. The van der Waals surface area contributed by atoms with E-state index in [9.17, 15) is 0 Å². The van der Waals surface area contributed by atoms with E-state index >= 15 is 0 Å². The summed E-state index contributed by atoms with van der Waals surface area (Å²) in [5, 5.41) is 0. The molecule has 0 nitrogen and oxygen atoms in total. The van der Waals surface area contributed by atoms with Crippen LogP contribution in [-0.2, 0) is 16.3 Å². The molecule has 0 aromatic carbocycles. The van der Waals surface area contributed by atoms with Gasteiger partial charge in [0.05, 0.1) is 0 Å². The van der Waals surface area contributed by atoms with Crippen LogP contribution in [0.4, 0.5) is 0 Å². The summed E-state index contributed by atoms with van der Waals surface area (Å²) < 4.78 is 0. The molecule has 0 spiro atoms. The van der Waals surface area contributed by atoms with Crippen molar-refractivity contribution in [3.8, 4) is 0 Å². The molecule has 0 aromatic heterocycles. The third kappa shape index (κ3) is 16.0. The van der Waals surface area contributed by atoms with Crippen LogP contribution in [0.5, 0.6) is 0 Å². The summed E-state index contributed by atoms with van der Waals surface area (Å²) in [6.45, 7) is 4.44. The molecule has 0 radical (unpaired) electrons. The summed E-state index contributed by atoms with van der Waals surface area (Å²) in [7, 11) is 0. The van der Waals surface area contributed by atoms with E-state index in [1.54, 1.807) is 0 Å². The van der Waals surface area contributed by atoms with Crippen molar-refractivity contribution < 1.29 is 16.3 Å². The molecule has 0 aliphatic heterocycles. The number of hydrogen-bond acceptors (Lipinski definition) is 0. The van der Waals surface area contributed by atoms with Gasteiger partial charge in [0, 0.05) is 0 Å². The fourth-order valence-corrected chi connectivity index (χ4v) is 0.743. The third-order valence-electron chi connectivity index (χ3n) is 1.30. The molecule has 0 aliphatic carbocycles. The van der Waals surface area contributed by atoms with Gasteiger partial charge in [0.25, 0.3) is 0 Å². The van der Waals surface area contributed by atoms with Crippen LogP contribution in [0.25, 0.3) is 0 Å². The van der Waals surface area contributed by atoms with E-state index in [-0.39, 0.29) is 0 Å². The molecule has 0 aliphatic rings. The molecule has 0 heterocycles. The maximum absolute atomic E-state index is 3.06. The topological polar surface area (TPSA) is 0 Å². The average molecular weight is 259 g/mol. The summed E-state index contributed by atoms with van der Waals surface area (Å²) in [5.74, 6) is 0. The molecule has 0 aromatic rings. The van der Waals surface area contributed by atoms with Gasteiger partial charge >= 0.3 is 30.0 Å². The second kappa shape index (κ2) is 16.6. The van der Waals surface area contributed by atoms with E-state index in [0.29, 0.717) is 0 Å². The van der Waals surface area contributed by atoms with Crippen molar-refractivity contribution in [3.63, 3.8) is 0 Å². The fourth-order valence-electron chi connectivity index (χ4n) is 0.743. The predicted octanol–water partition coefficient (Wildman–Crippen LogP) is 4.02. The monoisotopic (exact) mass is 256 g/mol. The molecule has 58 valence electrons. The van der Waals surface area contributed by atoms with Gasteiger partial charge in [-0.05, 0) is 0 Å². The molecule has 0 unspecified atom stereocenters. The van der Waals surface area contributed by atoms with Crippen molar-refractivity contribution in [2.45, 2.75) is 46.0 Å². The Labute approximate surface area is 82.2 Å². The SMILES string of the molecule is CC[CH-]CCCCC.[Zn+][Br]. The summed E-state index contributed by atoms with van der Waals surface area (Å²) in [5.41, 5.74) is 0. The Morgan fingerprint density at radius 1 is 1.20 bits per heavy atom. The van der Waals surface area contributed by atoms with Gasteiger partial charge in [-0.2, -0.15) is 12.8 Å². The van der Waals surface area contributed by atoms with E-state index < -0.39 is 0 Å². The molecular weight excluding hydrogens is 241 g/mol. The van der Waals surface area contributed by atoms with Crippen molar-refractivity contribution >= 4 is 13.6 Å². The predicted molar refractivity (Wildman–Crippen MR) is 47.7 cm³/mol. The Bertz CT molecular complexity index is 34.2. The van der Waals surface area contributed by atoms with E-state index in [1.807, 2.05) is 0 Å². The number of unbranched alkanes of at least 4 members (excludes halogenated alkanes) is 5. The van der Waals surface area contributed by atoms with E-state index in [2.05, 4.69) is 33.9 Å². The van der Waals surface area contributed by atoms with E-state index in [4.69, 9.17) is 0 Å². The zero-order valence-corrected chi connectivity index (χ0v) is 11.8. The summed E-state index contributed by atoms with van der Waals surface area (Å²) in [4.78, 5) is 0. The van der Waals surface area contributed by atoms with Crippen molar-refractivity contribution in [1.29, 1.82) is 0 Å².